The van der Waals surface area contributed by atoms with E-state index in [0.29, 0.717) is 0 Å². The first-order valence-electron chi connectivity index (χ1n) is 3.09. The van der Waals surface area contributed by atoms with Crippen LogP contribution in [-0.4, -0.2) is 24.8 Å². The quantitative estimate of drug-likeness (QED) is 0.437. The van der Waals surface area contributed by atoms with Crippen LogP contribution in [0.15, 0.2) is 0 Å². The van der Waals surface area contributed by atoms with Crippen LogP contribution in [0.1, 0.15) is 6.42 Å². The first-order chi connectivity index (χ1) is 5.15. The Bertz CT molecular complexity index is 192. The minimum Gasteiger partial charge on any atom is -0.393 e. The van der Waals surface area contributed by atoms with Crippen molar-refractivity contribution in [3.8, 4) is 0 Å². The van der Waals surface area contributed by atoms with E-state index in [1.54, 1.807) is 0 Å². The van der Waals surface area contributed by atoms with Gasteiger partial charge in [0.25, 0.3) is 0 Å². The zero-order chi connectivity index (χ0) is 8.43. The number of halogens is 2. The molecule has 1 fully saturated rings. The molecule has 0 spiro atoms. The van der Waals surface area contributed by atoms with Crippen molar-refractivity contribution in [1.82, 2.24) is 0 Å². The summed E-state index contributed by atoms with van der Waals surface area (Å²) in [6.45, 7) is -1.26. The lowest BCUT2D eigenvalue weighted by molar-refractivity contribution is -0.153. The predicted molar refractivity (Wildman–Crippen MR) is 30.1 cm³/mol. The van der Waals surface area contributed by atoms with Crippen LogP contribution >= 0.6 is 0 Å². The van der Waals surface area contributed by atoms with E-state index in [0.717, 1.165) is 0 Å². The van der Waals surface area contributed by atoms with Gasteiger partial charge >= 0.3 is 11.9 Å². The molecule has 0 aromatic carbocycles. The number of alkyl halides is 2. The molecule has 0 aliphatic carbocycles. The smallest absolute Gasteiger partial charge is 0.320 e. The van der Waals surface area contributed by atoms with Crippen LogP contribution in [0.3, 0.4) is 0 Å². The van der Waals surface area contributed by atoms with Gasteiger partial charge in [0.15, 0.2) is 0 Å². The molecule has 1 heterocycles. The molecule has 0 aromatic heterocycles. The van der Waals surface area contributed by atoms with E-state index in [9.17, 15) is 18.4 Å². The summed E-state index contributed by atoms with van der Waals surface area (Å²) in [7, 11) is 0. The Hall–Kier alpha value is -1.00. The van der Waals surface area contributed by atoms with E-state index in [1.807, 2.05) is 0 Å². The molecule has 0 radical (unpaired) electrons. The highest BCUT2D eigenvalue weighted by molar-refractivity contribution is 5.94. The molecule has 5 heteroatoms. The predicted octanol–water partition coefficient (Wildman–Crippen LogP) is 0.384. The molecule has 2 unspecified atom stereocenters. The van der Waals surface area contributed by atoms with Gasteiger partial charge in [-0.25, -0.2) is 8.78 Å². The second-order valence-electron chi connectivity index (χ2n) is 2.27. The normalized spacial score (nSPS) is 26.9. The number of hydrogen-bond acceptors (Lipinski definition) is 3. The van der Waals surface area contributed by atoms with Crippen molar-refractivity contribution in [3.63, 3.8) is 0 Å². The second kappa shape index (κ2) is 2.94. The number of hydrogen-bond donors (Lipinski definition) is 0. The van der Waals surface area contributed by atoms with Crippen molar-refractivity contribution < 1.29 is 23.1 Å². The molecule has 62 valence electrons. The van der Waals surface area contributed by atoms with Crippen molar-refractivity contribution in [3.05, 3.63) is 0 Å². The Morgan fingerprint density at radius 1 is 1.64 bits per heavy atom. The Kier molecular flexibility index (Phi) is 2.16. The zero-order valence-corrected chi connectivity index (χ0v) is 5.55. The summed E-state index contributed by atoms with van der Waals surface area (Å²) < 4.78 is 28.1. The summed E-state index contributed by atoms with van der Waals surface area (Å²) in [5.41, 5.74) is 0. The summed E-state index contributed by atoms with van der Waals surface area (Å²) in [6, 6.07) is 0. The largest absolute Gasteiger partial charge is 0.393 e. The fourth-order valence-electron chi connectivity index (χ4n) is 0.876. The molecule has 0 saturated carbocycles. The van der Waals surface area contributed by atoms with Gasteiger partial charge in [-0.1, -0.05) is 0 Å². The number of carbonyl (C=O) groups is 2. The molecule has 2 atom stereocenters. The highest BCUT2D eigenvalue weighted by Crippen LogP contribution is 2.21. The molecule has 1 aliphatic rings. The van der Waals surface area contributed by atoms with Gasteiger partial charge in [-0.2, -0.15) is 0 Å². The highest BCUT2D eigenvalue weighted by atomic mass is 19.2. The van der Waals surface area contributed by atoms with Gasteiger partial charge < -0.3 is 4.74 Å². The molecule has 11 heavy (non-hydrogen) atoms. The van der Waals surface area contributed by atoms with Crippen molar-refractivity contribution in [1.29, 1.82) is 0 Å². The Morgan fingerprint density at radius 2 is 2.27 bits per heavy atom. The average Bonchev–Trinajstić information content (AvgIpc) is 2.28. The van der Waals surface area contributed by atoms with E-state index in [1.165, 1.54) is 0 Å². The van der Waals surface area contributed by atoms with E-state index in [4.69, 9.17) is 0 Å². The van der Waals surface area contributed by atoms with Crippen LogP contribution in [0, 0.1) is 5.92 Å². The molecular weight excluding hydrogens is 158 g/mol. The molecule has 0 aromatic rings. The van der Waals surface area contributed by atoms with Gasteiger partial charge in [-0.05, 0) is 0 Å². The molecule has 1 aliphatic heterocycles. The number of carbonyl (C=O) groups excluding carboxylic acids is 2. The fraction of sp³-hybridized carbons (Fsp3) is 0.667. The SMILES string of the molecule is O=C1CC(C(F)CF)C(=O)O1. The lowest BCUT2D eigenvalue weighted by Gasteiger charge is -2.04. The lowest BCUT2D eigenvalue weighted by atomic mass is 10.0. The van der Waals surface area contributed by atoms with Gasteiger partial charge in [0, 0.05) is 0 Å². The topological polar surface area (TPSA) is 43.4 Å². The lowest BCUT2D eigenvalue weighted by Crippen LogP contribution is -2.22. The third-order valence-corrected chi connectivity index (χ3v) is 1.49. The maximum atomic E-state index is 12.4. The summed E-state index contributed by atoms with van der Waals surface area (Å²) in [6.07, 6.45) is -2.25. The van der Waals surface area contributed by atoms with Crippen molar-refractivity contribution in [2.45, 2.75) is 12.6 Å². The second-order valence-corrected chi connectivity index (χ2v) is 2.27. The summed E-state index contributed by atoms with van der Waals surface area (Å²) in [4.78, 5) is 20.9. The Morgan fingerprint density at radius 3 is 2.64 bits per heavy atom. The first kappa shape index (κ1) is 8.10. The molecule has 0 N–H and O–H groups in total. The van der Waals surface area contributed by atoms with Crippen molar-refractivity contribution >= 4 is 11.9 Å². The Labute approximate surface area is 61.3 Å². The van der Waals surface area contributed by atoms with E-state index in [-0.39, 0.29) is 6.42 Å². The van der Waals surface area contributed by atoms with E-state index in [2.05, 4.69) is 4.74 Å². The maximum absolute atomic E-state index is 12.4. The van der Waals surface area contributed by atoms with Crippen molar-refractivity contribution in [2.75, 3.05) is 6.67 Å². The minimum absolute atomic E-state index is 0.343. The maximum Gasteiger partial charge on any atom is 0.320 e. The fourth-order valence-corrected chi connectivity index (χ4v) is 0.876. The standard InChI is InChI=1S/C6H6F2O3/c7-2-4(8)3-1-5(9)11-6(3)10/h3-4H,1-2H2. The van der Waals surface area contributed by atoms with Gasteiger partial charge in [0.1, 0.15) is 18.8 Å². The molecule has 1 saturated heterocycles. The van der Waals surface area contributed by atoms with Crippen molar-refractivity contribution in [2.24, 2.45) is 5.92 Å². The van der Waals surface area contributed by atoms with Crippen LogP contribution in [-0.2, 0) is 14.3 Å². The van der Waals surface area contributed by atoms with Gasteiger partial charge in [0.2, 0.25) is 0 Å². The van der Waals surface area contributed by atoms with Gasteiger partial charge in [-0.15, -0.1) is 0 Å². The number of rotatable bonds is 2. The summed E-state index contributed by atoms with van der Waals surface area (Å²) in [5.74, 6) is -2.97. The van der Waals surface area contributed by atoms with Crippen LogP contribution in [0.25, 0.3) is 0 Å². The van der Waals surface area contributed by atoms with Crippen LogP contribution in [0.5, 0.6) is 0 Å². The van der Waals surface area contributed by atoms with E-state index < -0.39 is 30.7 Å². The molecule has 3 nitrogen and oxygen atoms in total. The van der Waals surface area contributed by atoms with Crippen LogP contribution in [0.4, 0.5) is 8.78 Å². The van der Waals surface area contributed by atoms with E-state index >= 15 is 0 Å². The van der Waals surface area contributed by atoms with Gasteiger partial charge in [-0.3, -0.25) is 9.59 Å². The molecular formula is C6H6F2O3. The summed E-state index contributed by atoms with van der Waals surface area (Å²) >= 11 is 0. The number of esters is 2. The average molecular weight is 164 g/mol. The zero-order valence-electron chi connectivity index (χ0n) is 5.55. The monoisotopic (exact) mass is 164 g/mol. The third-order valence-electron chi connectivity index (χ3n) is 1.49. The molecule has 0 bridgehead atoms. The Balaban J connectivity index is 2.59. The number of cyclic esters (lactones) is 2. The summed E-state index contributed by atoms with van der Waals surface area (Å²) in [5, 5.41) is 0. The van der Waals surface area contributed by atoms with Crippen LogP contribution < -0.4 is 0 Å². The molecule has 1 rings (SSSR count). The first-order valence-corrected chi connectivity index (χ1v) is 3.09. The number of ether oxygens (including phenoxy) is 1. The third kappa shape index (κ3) is 1.53. The molecule has 0 amide bonds. The highest BCUT2D eigenvalue weighted by Gasteiger charge is 2.39. The van der Waals surface area contributed by atoms with Crippen LogP contribution in [0.2, 0.25) is 0 Å². The van der Waals surface area contributed by atoms with Gasteiger partial charge in [0.05, 0.1) is 6.42 Å². The minimum atomic E-state index is -1.91.